The normalized spacial score (nSPS) is 13.0. The van der Waals surface area contributed by atoms with Crippen molar-refractivity contribution in [2.75, 3.05) is 11.9 Å². The molecule has 0 aromatic heterocycles. The predicted octanol–water partition coefficient (Wildman–Crippen LogP) is 3.19. The SMILES string of the molecule is O=C(CCCCCN1C(=O)c2ccccc2C1=O)Nc1ccc(O)cc1. The van der Waals surface area contributed by atoms with Crippen LogP contribution in [0.1, 0.15) is 46.4 Å². The molecule has 6 heteroatoms. The van der Waals surface area contributed by atoms with Gasteiger partial charge in [0.15, 0.2) is 0 Å². The van der Waals surface area contributed by atoms with Gasteiger partial charge in [-0.2, -0.15) is 0 Å². The quantitative estimate of drug-likeness (QED) is 0.455. The molecule has 0 bridgehead atoms. The van der Waals surface area contributed by atoms with Crippen molar-refractivity contribution in [2.24, 2.45) is 0 Å². The Morgan fingerprint density at radius 2 is 1.50 bits per heavy atom. The monoisotopic (exact) mass is 352 g/mol. The van der Waals surface area contributed by atoms with Gasteiger partial charge in [-0.1, -0.05) is 18.6 Å². The van der Waals surface area contributed by atoms with Crippen molar-refractivity contribution in [3.63, 3.8) is 0 Å². The fraction of sp³-hybridized carbons (Fsp3) is 0.250. The molecule has 1 aliphatic rings. The van der Waals surface area contributed by atoms with Crippen LogP contribution in [-0.4, -0.2) is 34.3 Å². The van der Waals surface area contributed by atoms with Crippen molar-refractivity contribution in [2.45, 2.75) is 25.7 Å². The van der Waals surface area contributed by atoms with E-state index in [1.54, 1.807) is 36.4 Å². The van der Waals surface area contributed by atoms with Crippen LogP contribution in [0, 0.1) is 0 Å². The van der Waals surface area contributed by atoms with E-state index in [4.69, 9.17) is 0 Å². The van der Waals surface area contributed by atoms with E-state index in [1.807, 2.05) is 0 Å². The molecule has 0 spiro atoms. The van der Waals surface area contributed by atoms with Crippen LogP contribution in [0.25, 0.3) is 0 Å². The van der Waals surface area contributed by atoms with E-state index in [1.165, 1.54) is 17.0 Å². The van der Waals surface area contributed by atoms with Gasteiger partial charge < -0.3 is 10.4 Å². The highest BCUT2D eigenvalue weighted by Crippen LogP contribution is 2.23. The molecule has 2 aromatic rings. The number of nitrogens with zero attached hydrogens (tertiary/aromatic N) is 1. The second kappa shape index (κ2) is 7.82. The summed E-state index contributed by atoms with van der Waals surface area (Å²) in [5.74, 6) is -0.432. The topological polar surface area (TPSA) is 86.7 Å². The van der Waals surface area contributed by atoms with Crippen molar-refractivity contribution in [3.05, 3.63) is 59.7 Å². The largest absolute Gasteiger partial charge is 0.508 e. The van der Waals surface area contributed by atoms with Gasteiger partial charge in [0, 0.05) is 18.7 Å². The Kier molecular flexibility index (Phi) is 5.31. The molecule has 3 rings (SSSR count). The molecule has 3 amide bonds. The van der Waals surface area contributed by atoms with Crippen molar-refractivity contribution < 1.29 is 19.5 Å². The molecule has 0 unspecified atom stereocenters. The number of aromatic hydroxyl groups is 1. The Hall–Kier alpha value is -3.15. The Morgan fingerprint density at radius 3 is 2.12 bits per heavy atom. The van der Waals surface area contributed by atoms with Gasteiger partial charge in [0.1, 0.15) is 5.75 Å². The molecule has 134 valence electrons. The van der Waals surface area contributed by atoms with Gasteiger partial charge in [0.25, 0.3) is 11.8 Å². The highest BCUT2D eigenvalue weighted by Gasteiger charge is 2.34. The smallest absolute Gasteiger partial charge is 0.261 e. The molecule has 0 saturated heterocycles. The summed E-state index contributed by atoms with van der Waals surface area (Å²) in [5, 5.41) is 12.0. The number of fused-ring (bicyclic) bond motifs is 1. The number of unbranched alkanes of at least 4 members (excludes halogenated alkanes) is 2. The lowest BCUT2D eigenvalue weighted by Gasteiger charge is -2.13. The van der Waals surface area contributed by atoms with Gasteiger partial charge >= 0.3 is 0 Å². The number of hydrogen-bond acceptors (Lipinski definition) is 4. The minimum absolute atomic E-state index is 0.101. The van der Waals surface area contributed by atoms with Crippen LogP contribution in [0.2, 0.25) is 0 Å². The maximum atomic E-state index is 12.2. The third-order valence-corrected chi connectivity index (χ3v) is 4.31. The minimum Gasteiger partial charge on any atom is -0.508 e. The number of amides is 3. The molecule has 1 aliphatic heterocycles. The van der Waals surface area contributed by atoms with Crippen LogP contribution in [0.15, 0.2) is 48.5 Å². The van der Waals surface area contributed by atoms with Gasteiger partial charge in [-0.25, -0.2) is 0 Å². The molecule has 0 aliphatic carbocycles. The fourth-order valence-electron chi connectivity index (χ4n) is 2.94. The zero-order valence-corrected chi connectivity index (χ0v) is 14.3. The minimum atomic E-state index is -0.240. The Morgan fingerprint density at radius 1 is 0.885 bits per heavy atom. The predicted molar refractivity (Wildman–Crippen MR) is 97.0 cm³/mol. The number of hydrogen-bond donors (Lipinski definition) is 2. The van der Waals surface area contributed by atoms with Gasteiger partial charge in [-0.15, -0.1) is 0 Å². The van der Waals surface area contributed by atoms with E-state index in [0.29, 0.717) is 42.6 Å². The van der Waals surface area contributed by atoms with Crippen LogP contribution in [0.5, 0.6) is 5.75 Å². The van der Waals surface area contributed by atoms with Gasteiger partial charge in [-0.05, 0) is 49.2 Å². The molecular weight excluding hydrogens is 332 g/mol. The number of carbonyl (C=O) groups is 3. The first-order chi connectivity index (χ1) is 12.6. The average molecular weight is 352 g/mol. The third kappa shape index (κ3) is 3.91. The van der Waals surface area contributed by atoms with Gasteiger partial charge in [-0.3, -0.25) is 19.3 Å². The van der Waals surface area contributed by atoms with Crippen molar-refractivity contribution >= 4 is 23.4 Å². The molecular formula is C20H20N2O4. The maximum absolute atomic E-state index is 12.2. The van der Waals surface area contributed by atoms with Crippen molar-refractivity contribution in [3.8, 4) is 5.75 Å². The standard InChI is InChI=1S/C20H20N2O4/c23-15-11-9-14(10-12-15)21-18(24)8-2-1-5-13-22-19(25)16-6-3-4-7-17(16)20(22)26/h3-4,6-7,9-12,23H,1-2,5,8,13H2,(H,21,24). The third-order valence-electron chi connectivity index (χ3n) is 4.31. The van der Waals surface area contributed by atoms with Crippen LogP contribution in [0.3, 0.4) is 0 Å². The molecule has 6 nitrogen and oxygen atoms in total. The highest BCUT2D eigenvalue weighted by atomic mass is 16.3. The van der Waals surface area contributed by atoms with E-state index in [0.717, 1.165) is 6.42 Å². The Bertz CT molecular complexity index is 795. The average Bonchev–Trinajstić information content (AvgIpc) is 2.88. The van der Waals surface area contributed by atoms with Crippen LogP contribution in [0.4, 0.5) is 5.69 Å². The summed E-state index contributed by atoms with van der Waals surface area (Å²) in [4.78, 5) is 37.6. The maximum Gasteiger partial charge on any atom is 0.261 e. The first kappa shape index (κ1) is 17.7. The fourth-order valence-corrected chi connectivity index (χ4v) is 2.94. The summed E-state index contributed by atoms with van der Waals surface area (Å²) in [6, 6.07) is 13.1. The molecule has 2 aromatic carbocycles. The zero-order chi connectivity index (χ0) is 18.5. The molecule has 0 radical (unpaired) electrons. The molecule has 0 atom stereocenters. The second-order valence-electron chi connectivity index (χ2n) is 6.21. The van der Waals surface area contributed by atoms with E-state index >= 15 is 0 Å². The van der Waals surface area contributed by atoms with Gasteiger partial charge in [0.2, 0.25) is 5.91 Å². The summed E-state index contributed by atoms with van der Waals surface area (Å²) < 4.78 is 0. The first-order valence-electron chi connectivity index (χ1n) is 8.60. The van der Waals surface area contributed by atoms with Crippen molar-refractivity contribution in [1.29, 1.82) is 0 Å². The van der Waals surface area contributed by atoms with E-state index in [-0.39, 0.29) is 23.5 Å². The summed E-state index contributed by atoms with van der Waals surface area (Å²) in [7, 11) is 0. The number of nitrogens with one attached hydrogen (secondary N) is 1. The number of imide groups is 1. The van der Waals surface area contributed by atoms with E-state index < -0.39 is 0 Å². The lowest BCUT2D eigenvalue weighted by molar-refractivity contribution is -0.116. The van der Waals surface area contributed by atoms with Crippen LogP contribution >= 0.6 is 0 Å². The number of rotatable bonds is 7. The lowest BCUT2D eigenvalue weighted by Crippen LogP contribution is -2.30. The first-order valence-corrected chi connectivity index (χ1v) is 8.60. The number of phenols is 1. The number of phenolic OH excluding ortho intramolecular Hbond substituents is 1. The number of benzene rings is 2. The summed E-state index contributed by atoms with van der Waals surface area (Å²) >= 11 is 0. The van der Waals surface area contributed by atoms with E-state index in [9.17, 15) is 19.5 Å². The number of anilines is 1. The summed E-state index contributed by atoms with van der Waals surface area (Å²) in [6.45, 7) is 0.367. The molecule has 1 heterocycles. The zero-order valence-electron chi connectivity index (χ0n) is 14.3. The highest BCUT2D eigenvalue weighted by molar-refractivity contribution is 6.21. The molecule has 0 saturated carbocycles. The van der Waals surface area contributed by atoms with Crippen LogP contribution in [-0.2, 0) is 4.79 Å². The summed E-state index contributed by atoms with van der Waals surface area (Å²) in [5.41, 5.74) is 1.57. The molecule has 0 fully saturated rings. The molecule has 2 N–H and O–H groups in total. The van der Waals surface area contributed by atoms with E-state index in [2.05, 4.69) is 5.32 Å². The van der Waals surface area contributed by atoms with Crippen molar-refractivity contribution in [1.82, 2.24) is 4.90 Å². The second-order valence-corrected chi connectivity index (χ2v) is 6.21. The Labute approximate surface area is 151 Å². The lowest BCUT2D eigenvalue weighted by atomic mass is 10.1. The Balaban J connectivity index is 1.38. The number of carbonyl (C=O) groups excluding carboxylic acids is 3. The van der Waals surface area contributed by atoms with Gasteiger partial charge in [0.05, 0.1) is 11.1 Å². The summed E-state index contributed by atoms with van der Waals surface area (Å²) in [6.07, 6.45) is 2.45. The molecule has 26 heavy (non-hydrogen) atoms. The van der Waals surface area contributed by atoms with Crippen LogP contribution < -0.4 is 5.32 Å².